The van der Waals surface area contributed by atoms with Gasteiger partial charge >= 0.3 is 0 Å². The van der Waals surface area contributed by atoms with E-state index in [1.54, 1.807) is 25.4 Å². The zero-order chi connectivity index (χ0) is 20.0. The van der Waals surface area contributed by atoms with Crippen molar-refractivity contribution in [2.24, 2.45) is 5.73 Å². The van der Waals surface area contributed by atoms with E-state index >= 15 is 0 Å². The van der Waals surface area contributed by atoms with E-state index in [9.17, 15) is 14.3 Å². The minimum Gasteiger partial charge on any atom is -0.505 e. The second-order valence-corrected chi connectivity index (χ2v) is 7.09. The number of hydrogen-bond donors (Lipinski definition) is 3. The van der Waals surface area contributed by atoms with Crippen LogP contribution < -0.4 is 5.73 Å². The normalized spacial score (nSPS) is 13.2. The molecule has 4 rings (SSSR count). The second-order valence-electron chi connectivity index (χ2n) is 7.09. The standard InChI is InChI=1S/C21H19FN4O2/c1-26-10-16-14(8-17(23)24)15-7-12(6-11-2-4-13(22)5-3-11)9-25-19(15)20(27)18(16)21(26)28/h2-5,7,9,27H,6,8,10H2,1H3,(H3,23,24). The summed E-state index contributed by atoms with van der Waals surface area (Å²) in [5.74, 6) is -0.727. The Morgan fingerprint density at radius 2 is 2.04 bits per heavy atom. The first kappa shape index (κ1) is 17.9. The fraction of sp³-hybridized carbons (Fsp3) is 0.190. The van der Waals surface area contributed by atoms with E-state index < -0.39 is 0 Å². The predicted octanol–water partition coefficient (Wildman–Crippen LogP) is 2.73. The van der Waals surface area contributed by atoms with Gasteiger partial charge in [0.25, 0.3) is 5.91 Å². The molecule has 1 aromatic heterocycles. The maximum absolute atomic E-state index is 13.1. The third-order valence-electron chi connectivity index (χ3n) is 5.04. The Hall–Kier alpha value is -3.48. The highest BCUT2D eigenvalue weighted by atomic mass is 19.1. The van der Waals surface area contributed by atoms with Crippen molar-refractivity contribution in [2.75, 3.05) is 7.05 Å². The topological polar surface area (TPSA) is 103 Å². The molecule has 6 nitrogen and oxygen atoms in total. The van der Waals surface area contributed by atoms with E-state index in [-0.39, 0.29) is 35.3 Å². The number of phenols is 1. The lowest BCUT2D eigenvalue weighted by molar-refractivity contribution is 0.0814. The Labute approximate surface area is 160 Å². The minimum atomic E-state index is -0.293. The van der Waals surface area contributed by atoms with Gasteiger partial charge in [-0.1, -0.05) is 12.1 Å². The number of halogens is 1. The Morgan fingerprint density at radius 1 is 1.32 bits per heavy atom. The molecule has 1 aliphatic rings. The lowest BCUT2D eigenvalue weighted by atomic mass is 9.93. The fourth-order valence-corrected chi connectivity index (χ4v) is 3.73. The Bertz CT molecular complexity index is 1130. The quantitative estimate of drug-likeness (QED) is 0.480. The number of fused-ring (bicyclic) bond motifs is 2. The summed E-state index contributed by atoms with van der Waals surface area (Å²) in [4.78, 5) is 18.4. The van der Waals surface area contributed by atoms with Crippen LogP contribution >= 0.6 is 0 Å². The molecule has 0 saturated carbocycles. The van der Waals surface area contributed by atoms with Crippen molar-refractivity contribution in [3.05, 3.63) is 70.2 Å². The number of aromatic nitrogens is 1. The molecule has 0 bridgehead atoms. The second kappa shape index (κ2) is 6.60. The number of carbonyl (C=O) groups is 1. The zero-order valence-corrected chi connectivity index (χ0v) is 15.3. The molecule has 2 heterocycles. The Morgan fingerprint density at radius 3 is 2.71 bits per heavy atom. The number of aromatic hydroxyl groups is 1. The summed E-state index contributed by atoms with van der Waals surface area (Å²) in [7, 11) is 1.66. The monoisotopic (exact) mass is 378 g/mol. The van der Waals surface area contributed by atoms with Crippen LogP contribution in [0.15, 0.2) is 36.5 Å². The van der Waals surface area contributed by atoms with Crippen LogP contribution in [0.5, 0.6) is 5.75 Å². The molecule has 0 aliphatic carbocycles. The molecular formula is C21H19FN4O2. The summed E-state index contributed by atoms with van der Waals surface area (Å²) in [5, 5.41) is 19.1. The van der Waals surface area contributed by atoms with E-state index in [4.69, 9.17) is 11.1 Å². The van der Waals surface area contributed by atoms with E-state index in [0.29, 0.717) is 29.4 Å². The third kappa shape index (κ3) is 2.94. The molecule has 4 N–H and O–H groups in total. The van der Waals surface area contributed by atoms with Crippen molar-refractivity contribution >= 4 is 22.6 Å². The number of amides is 1. The fourth-order valence-electron chi connectivity index (χ4n) is 3.73. The molecule has 1 amide bonds. The highest BCUT2D eigenvalue weighted by molar-refractivity contribution is 6.08. The van der Waals surface area contributed by atoms with Gasteiger partial charge in [-0.25, -0.2) is 4.39 Å². The number of pyridine rings is 1. The molecule has 1 aliphatic heterocycles. The summed E-state index contributed by atoms with van der Waals surface area (Å²) >= 11 is 0. The average molecular weight is 378 g/mol. The maximum atomic E-state index is 13.1. The summed E-state index contributed by atoms with van der Waals surface area (Å²) in [5.41, 5.74) is 9.45. The van der Waals surface area contributed by atoms with Crippen molar-refractivity contribution in [1.82, 2.24) is 9.88 Å². The van der Waals surface area contributed by atoms with Crippen LogP contribution in [0.2, 0.25) is 0 Å². The Balaban J connectivity index is 1.89. The van der Waals surface area contributed by atoms with E-state index in [0.717, 1.165) is 16.7 Å². The molecule has 0 unspecified atom stereocenters. The molecule has 142 valence electrons. The first-order valence-electron chi connectivity index (χ1n) is 8.83. The van der Waals surface area contributed by atoms with Crippen LogP contribution in [-0.4, -0.2) is 33.8 Å². The molecule has 0 atom stereocenters. The molecule has 0 spiro atoms. The number of rotatable bonds is 4. The van der Waals surface area contributed by atoms with Gasteiger partial charge in [-0.2, -0.15) is 0 Å². The van der Waals surface area contributed by atoms with Gasteiger partial charge < -0.3 is 15.7 Å². The van der Waals surface area contributed by atoms with Crippen LogP contribution in [-0.2, 0) is 19.4 Å². The van der Waals surface area contributed by atoms with Gasteiger partial charge in [-0.3, -0.25) is 15.2 Å². The largest absolute Gasteiger partial charge is 0.505 e. The minimum absolute atomic E-state index is 0.0277. The van der Waals surface area contributed by atoms with Crippen molar-refractivity contribution in [3.63, 3.8) is 0 Å². The number of benzene rings is 2. The molecule has 0 radical (unpaired) electrons. The van der Waals surface area contributed by atoms with Crippen LogP contribution in [0.1, 0.15) is 32.6 Å². The van der Waals surface area contributed by atoms with Crippen molar-refractivity contribution < 1.29 is 14.3 Å². The van der Waals surface area contributed by atoms with Gasteiger partial charge in [0.1, 0.15) is 11.3 Å². The highest BCUT2D eigenvalue weighted by Gasteiger charge is 2.33. The van der Waals surface area contributed by atoms with Crippen LogP contribution in [0.3, 0.4) is 0 Å². The summed E-state index contributed by atoms with van der Waals surface area (Å²) in [6.07, 6.45) is 2.35. The zero-order valence-electron chi connectivity index (χ0n) is 15.3. The number of nitrogens with zero attached hydrogens (tertiary/aromatic N) is 2. The van der Waals surface area contributed by atoms with Gasteiger partial charge in [-0.05, 0) is 46.9 Å². The highest BCUT2D eigenvalue weighted by Crippen LogP contribution is 2.39. The van der Waals surface area contributed by atoms with E-state index in [1.807, 2.05) is 6.07 Å². The molecule has 0 saturated heterocycles. The van der Waals surface area contributed by atoms with Crippen molar-refractivity contribution in [2.45, 2.75) is 19.4 Å². The first-order valence-corrected chi connectivity index (χ1v) is 8.83. The summed E-state index contributed by atoms with van der Waals surface area (Å²) in [6.45, 7) is 0.350. The summed E-state index contributed by atoms with van der Waals surface area (Å²) < 4.78 is 13.1. The smallest absolute Gasteiger partial charge is 0.258 e. The van der Waals surface area contributed by atoms with Gasteiger partial charge in [-0.15, -0.1) is 0 Å². The number of nitrogens with one attached hydrogen (secondary N) is 1. The van der Waals surface area contributed by atoms with Crippen molar-refractivity contribution in [3.8, 4) is 5.75 Å². The van der Waals surface area contributed by atoms with Gasteiger partial charge in [0.05, 0.1) is 11.4 Å². The number of phenolic OH excluding ortho intramolecular Hbond substituents is 1. The van der Waals surface area contributed by atoms with Crippen molar-refractivity contribution in [1.29, 1.82) is 5.41 Å². The summed E-state index contributed by atoms with van der Waals surface area (Å²) in [6, 6.07) is 8.14. The van der Waals surface area contributed by atoms with Crippen LogP contribution in [0.4, 0.5) is 4.39 Å². The SMILES string of the molecule is CN1Cc2c(c(O)c3ncc(Cc4ccc(F)cc4)cc3c2CC(=N)N)C1=O. The average Bonchev–Trinajstić information content (AvgIpc) is 2.95. The van der Waals surface area contributed by atoms with Gasteiger partial charge in [0, 0.05) is 31.6 Å². The molecule has 28 heavy (non-hydrogen) atoms. The number of nitrogens with two attached hydrogens (primary N) is 1. The number of hydrogen-bond acceptors (Lipinski definition) is 4. The molecule has 2 aromatic carbocycles. The van der Waals surface area contributed by atoms with Gasteiger partial charge in [0.2, 0.25) is 0 Å². The lowest BCUT2D eigenvalue weighted by Crippen LogP contribution is -2.17. The van der Waals surface area contributed by atoms with Crippen LogP contribution in [0.25, 0.3) is 10.9 Å². The van der Waals surface area contributed by atoms with E-state index in [1.165, 1.54) is 17.0 Å². The molecule has 0 fully saturated rings. The van der Waals surface area contributed by atoms with E-state index in [2.05, 4.69) is 4.98 Å². The third-order valence-corrected chi connectivity index (χ3v) is 5.04. The number of amidine groups is 1. The molecule has 7 heteroatoms. The predicted molar refractivity (Wildman–Crippen MR) is 104 cm³/mol. The molecular weight excluding hydrogens is 359 g/mol. The lowest BCUT2D eigenvalue weighted by Gasteiger charge is -2.14. The van der Waals surface area contributed by atoms with Gasteiger partial charge in [0.15, 0.2) is 5.75 Å². The first-order chi connectivity index (χ1) is 13.3. The maximum Gasteiger partial charge on any atom is 0.258 e. The Kier molecular flexibility index (Phi) is 4.22. The number of carbonyl (C=O) groups excluding carboxylic acids is 1. The van der Waals surface area contributed by atoms with Crippen LogP contribution in [0, 0.1) is 11.2 Å². The molecule has 3 aromatic rings.